The second-order valence-corrected chi connectivity index (χ2v) is 4.90. The van der Waals surface area contributed by atoms with Gasteiger partial charge in [0, 0.05) is 16.9 Å². The first kappa shape index (κ1) is 10.4. The third-order valence-corrected chi connectivity index (χ3v) is 3.69. The van der Waals surface area contributed by atoms with Crippen molar-refractivity contribution in [3.05, 3.63) is 23.1 Å². The second-order valence-electron chi connectivity index (χ2n) is 3.78. The normalized spacial score (nSPS) is 13.2. The summed E-state index contributed by atoms with van der Waals surface area (Å²) in [6.45, 7) is 0.661. The van der Waals surface area contributed by atoms with E-state index in [1.165, 1.54) is 16.2 Å². The van der Waals surface area contributed by atoms with E-state index < -0.39 is 0 Å². The van der Waals surface area contributed by atoms with Crippen LogP contribution in [0.5, 0.6) is 11.5 Å². The van der Waals surface area contributed by atoms with Gasteiger partial charge in [0.05, 0.1) is 19.4 Å². The molecule has 0 unspecified atom stereocenters. The van der Waals surface area contributed by atoms with Gasteiger partial charge in [0.25, 0.3) is 0 Å². The van der Waals surface area contributed by atoms with E-state index in [0.29, 0.717) is 11.7 Å². The summed E-state index contributed by atoms with van der Waals surface area (Å²) in [6, 6.07) is 5.75. The molecule has 0 saturated carbocycles. The molecular weight excluding hydrogens is 236 g/mol. The van der Waals surface area contributed by atoms with Gasteiger partial charge in [0.1, 0.15) is 11.5 Å². The van der Waals surface area contributed by atoms with Crippen LogP contribution in [0.3, 0.4) is 0 Å². The predicted molar refractivity (Wildman–Crippen MR) is 67.7 cm³/mol. The Kier molecular flexibility index (Phi) is 2.40. The van der Waals surface area contributed by atoms with Gasteiger partial charge in [0.2, 0.25) is 0 Å². The number of anilines is 1. The van der Waals surface area contributed by atoms with E-state index in [1.54, 1.807) is 7.11 Å². The van der Waals surface area contributed by atoms with Gasteiger partial charge in [-0.25, -0.2) is 4.98 Å². The van der Waals surface area contributed by atoms with Crippen molar-refractivity contribution in [1.82, 2.24) is 4.98 Å². The molecule has 0 saturated heterocycles. The minimum absolute atomic E-state index is 0.602. The third-order valence-electron chi connectivity index (χ3n) is 2.74. The van der Waals surface area contributed by atoms with Crippen LogP contribution >= 0.6 is 11.3 Å². The molecule has 0 radical (unpaired) electrons. The van der Waals surface area contributed by atoms with Crippen molar-refractivity contribution < 1.29 is 9.47 Å². The van der Waals surface area contributed by atoms with Crippen LogP contribution in [0.25, 0.3) is 11.3 Å². The lowest BCUT2D eigenvalue weighted by Crippen LogP contribution is -1.97. The first-order chi connectivity index (χ1) is 8.28. The number of hydrogen-bond acceptors (Lipinski definition) is 5. The minimum Gasteiger partial charge on any atom is -0.497 e. The van der Waals surface area contributed by atoms with Gasteiger partial charge < -0.3 is 15.2 Å². The summed E-state index contributed by atoms with van der Waals surface area (Å²) in [7, 11) is 1.65. The quantitative estimate of drug-likeness (QED) is 0.841. The fraction of sp³-hybridized carbons (Fsp3) is 0.250. The van der Waals surface area contributed by atoms with Gasteiger partial charge in [0.15, 0.2) is 5.13 Å². The smallest absolute Gasteiger partial charge is 0.180 e. The standard InChI is InChI=1S/C12H12N2O2S/c1-15-7-2-3-9-8(6-7)11-10(4-5-16-9)17-12(13)14-11/h2-3,6H,4-5H2,1H3,(H2,13,14). The van der Waals surface area contributed by atoms with Crippen molar-refractivity contribution in [2.24, 2.45) is 0 Å². The molecule has 17 heavy (non-hydrogen) atoms. The molecule has 88 valence electrons. The molecule has 1 aliphatic heterocycles. The van der Waals surface area contributed by atoms with Crippen molar-refractivity contribution in [3.63, 3.8) is 0 Å². The Morgan fingerprint density at radius 3 is 3.18 bits per heavy atom. The average molecular weight is 248 g/mol. The number of benzene rings is 1. The summed E-state index contributed by atoms with van der Waals surface area (Å²) in [6.07, 6.45) is 0.848. The van der Waals surface area contributed by atoms with E-state index >= 15 is 0 Å². The molecule has 2 N–H and O–H groups in total. The molecule has 1 aliphatic rings. The summed E-state index contributed by atoms with van der Waals surface area (Å²) in [4.78, 5) is 5.56. The maximum atomic E-state index is 5.77. The van der Waals surface area contributed by atoms with Crippen molar-refractivity contribution in [2.75, 3.05) is 19.5 Å². The molecule has 0 amide bonds. The monoisotopic (exact) mass is 248 g/mol. The molecule has 0 fully saturated rings. The number of thiazole rings is 1. The Labute approximate surface area is 103 Å². The molecule has 4 nitrogen and oxygen atoms in total. The van der Waals surface area contributed by atoms with Crippen LogP contribution < -0.4 is 15.2 Å². The van der Waals surface area contributed by atoms with Crippen LogP contribution in [0, 0.1) is 0 Å². The summed E-state index contributed by atoms with van der Waals surface area (Å²) in [5, 5.41) is 0.602. The maximum absolute atomic E-state index is 5.77. The largest absolute Gasteiger partial charge is 0.497 e. The summed E-state index contributed by atoms with van der Waals surface area (Å²) >= 11 is 1.53. The number of nitrogen functional groups attached to an aromatic ring is 1. The molecule has 2 aromatic rings. The molecule has 2 heterocycles. The SMILES string of the molecule is COc1ccc2c(c1)-c1nc(N)sc1CCO2. The maximum Gasteiger partial charge on any atom is 0.180 e. The second kappa shape index (κ2) is 3.92. The zero-order valence-corrected chi connectivity index (χ0v) is 10.2. The number of aromatic nitrogens is 1. The molecule has 0 aliphatic carbocycles. The van der Waals surface area contributed by atoms with Crippen LogP contribution in [-0.2, 0) is 6.42 Å². The Bertz CT molecular complexity index is 566. The van der Waals surface area contributed by atoms with Gasteiger partial charge in [-0.05, 0) is 18.2 Å². The number of nitrogens with two attached hydrogens (primary N) is 1. The van der Waals surface area contributed by atoms with E-state index in [9.17, 15) is 0 Å². The highest BCUT2D eigenvalue weighted by Gasteiger charge is 2.20. The fourth-order valence-corrected chi connectivity index (χ4v) is 2.78. The number of fused-ring (bicyclic) bond motifs is 3. The molecule has 5 heteroatoms. The Morgan fingerprint density at radius 1 is 1.47 bits per heavy atom. The summed E-state index contributed by atoms with van der Waals surface area (Å²) < 4.78 is 10.9. The van der Waals surface area contributed by atoms with Crippen LogP contribution in [0.1, 0.15) is 4.88 Å². The molecule has 0 spiro atoms. The molecule has 1 aromatic heterocycles. The Morgan fingerprint density at radius 2 is 2.35 bits per heavy atom. The lowest BCUT2D eigenvalue weighted by molar-refractivity contribution is 0.326. The number of hydrogen-bond donors (Lipinski definition) is 1. The van der Waals surface area contributed by atoms with E-state index in [4.69, 9.17) is 15.2 Å². The first-order valence-electron chi connectivity index (χ1n) is 5.34. The molecule has 0 atom stereocenters. The number of ether oxygens (including phenoxy) is 2. The molecular formula is C12H12N2O2S. The third kappa shape index (κ3) is 1.72. The number of methoxy groups -OCH3 is 1. The van der Waals surface area contributed by atoms with Gasteiger partial charge in [-0.2, -0.15) is 0 Å². The van der Waals surface area contributed by atoms with Gasteiger partial charge in [-0.3, -0.25) is 0 Å². The molecule has 3 rings (SSSR count). The lowest BCUT2D eigenvalue weighted by atomic mass is 10.1. The van der Waals surface area contributed by atoms with Gasteiger partial charge >= 0.3 is 0 Å². The van der Waals surface area contributed by atoms with Crippen molar-refractivity contribution >= 4 is 16.5 Å². The lowest BCUT2D eigenvalue weighted by Gasteiger charge is -2.08. The van der Waals surface area contributed by atoms with E-state index in [2.05, 4.69) is 4.98 Å². The van der Waals surface area contributed by atoms with Crippen molar-refractivity contribution in [2.45, 2.75) is 6.42 Å². The van der Waals surface area contributed by atoms with Crippen molar-refractivity contribution in [1.29, 1.82) is 0 Å². The minimum atomic E-state index is 0.602. The zero-order chi connectivity index (χ0) is 11.8. The van der Waals surface area contributed by atoms with E-state index in [-0.39, 0.29) is 0 Å². The van der Waals surface area contributed by atoms with Crippen LogP contribution in [0.2, 0.25) is 0 Å². The highest BCUT2D eigenvalue weighted by molar-refractivity contribution is 7.15. The van der Waals surface area contributed by atoms with Crippen LogP contribution in [0.15, 0.2) is 18.2 Å². The van der Waals surface area contributed by atoms with Crippen LogP contribution in [0.4, 0.5) is 5.13 Å². The van der Waals surface area contributed by atoms with E-state index in [1.807, 2.05) is 18.2 Å². The number of nitrogens with zero attached hydrogens (tertiary/aromatic N) is 1. The first-order valence-corrected chi connectivity index (χ1v) is 6.16. The van der Waals surface area contributed by atoms with Gasteiger partial charge in [-0.15, -0.1) is 11.3 Å². The Hall–Kier alpha value is -1.75. The molecule has 0 bridgehead atoms. The average Bonchev–Trinajstić information content (AvgIpc) is 2.63. The zero-order valence-electron chi connectivity index (χ0n) is 9.40. The molecule has 1 aromatic carbocycles. The Balaban J connectivity index is 2.22. The number of rotatable bonds is 1. The fourth-order valence-electron chi connectivity index (χ4n) is 1.95. The topological polar surface area (TPSA) is 57.4 Å². The van der Waals surface area contributed by atoms with Gasteiger partial charge in [-0.1, -0.05) is 0 Å². The van der Waals surface area contributed by atoms with Crippen LogP contribution in [-0.4, -0.2) is 18.7 Å². The summed E-state index contributed by atoms with van der Waals surface area (Å²) in [5.41, 5.74) is 7.66. The highest BCUT2D eigenvalue weighted by Crippen LogP contribution is 2.39. The summed E-state index contributed by atoms with van der Waals surface area (Å²) in [5.74, 6) is 1.64. The highest BCUT2D eigenvalue weighted by atomic mass is 32.1. The van der Waals surface area contributed by atoms with Crippen molar-refractivity contribution in [3.8, 4) is 22.8 Å². The van der Waals surface area contributed by atoms with E-state index in [0.717, 1.165) is 29.2 Å². The predicted octanol–water partition coefficient (Wildman–Crippen LogP) is 2.34.